The zero-order valence-electron chi connectivity index (χ0n) is 13.2. The molecule has 0 radical (unpaired) electrons. The Morgan fingerprint density at radius 2 is 2.04 bits per heavy atom. The molecular formula is C15H14N4O3S3. The van der Waals surface area contributed by atoms with Gasteiger partial charge < -0.3 is 0 Å². The van der Waals surface area contributed by atoms with Gasteiger partial charge in [-0.3, -0.25) is 10.1 Å². The summed E-state index contributed by atoms with van der Waals surface area (Å²) in [6.45, 7) is 0.726. The molecule has 3 heterocycles. The molecule has 0 saturated carbocycles. The van der Waals surface area contributed by atoms with Crippen LogP contribution in [-0.4, -0.2) is 41.4 Å². The molecule has 7 nitrogen and oxygen atoms in total. The summed E-state index contributed by atoms with van der Waals surface area (Å²) in [6, 6.07) is 7.58. The summed E-state index contributed by atoms with van der Waals surface area (Å²) in [6.07, 6.45) is 1.75. The summed E-state index contributed by atoms with van der Waals surface area (Å²) in [5.74, 6) is -0.299. The molecule has 1 aliphatic rings. The number of nitrogens with zero attached hydrogens (tertiary/aromatic N) is 3. The van der Waals surface area contributed by atoms with E-state index in [1.54, 1.807) is 0 Å². The van der Waals surface area contributed by atoms with E-state index in [9.17, 15) is 13.2 Å². The Kier molecular flexibility index (Phi) is 4.07. The number of benzene rings is 1. The fraction of sp³-hybridized carbons (Fsp3) is 0.267. The summed E-state index contributed by atoms with van der Waals surface area (Å²) in [5, 5.41) is 3.64. The maximum atomic E-state index is 12.4. The van der Waals surface area contributed by atoms with E-state index in [0.717, 1.165) is 20.8 Å². The predicted molar refractivity (Wildman–Crippen MR) is 98.6 cm³/mol. The van der Waals surface area contributed by atoms with Gasteiger partial charge in [0.1, 0.15) is 0 Å². The highest BCUT2D eigenvalue weighted by molar-refractivity contribution is 7.88. The van der Waals surface area contributed by atoms with E-state index in [-0.39, 0.29) is 5.91 Å². The van der Waals surface area contributed by atoms with Gasteiger partial charge in [0.2, 0.25) is 10.0 Å². The van der Waals surface area contributed by atoms with Crippen molar-refractivity contribution in [2.45, 2.75) is 13.0 Å². The van der Waals surface area contributed by atoms with E-state index in [0.29, 0.717) is 29.6 Å². The fourth-order valence-electron chi connectivity index (χ4n) is 2.63. The molecule has 1 amide bonds. The summed E-state index contributed by atoms with van der Waals surface area (Å²) in [4.78, 5) is 22.0. The third-order valence-electron chi connectivity index (χ3n) is 3.87. The smallest absolute Gasteiger partial charge is 0.286 e. The van der Waals surface area contributed by atoms with E-state index < -0.39 is 10.0 Å². The van der Waals surface area contributed by atoms with Crippen LogP contribution in [0.1, 0.15) is 20.4 Å². The molecule has 3 aromatic rings. The lowest BCUT2D eigenvalue weighted by molar-refractivity contribution is 0.102. The number of aromatic nitrogens is 2. The van der Waals surface area contributed by atoms with E-state index in [1.807, 2.05) is 24.3 Å². The molecule has 0 spiro atoms. The number of carbonyl (C=O) groups excluding carboxylic acids is 1. The second kappa shape index (κ2) is 6.13. The second-order valence-corrected chi connectivity index (χ2v) is 9.77. The molecule has 1 aliphatic heterocycles. The number of amides is 1. The Morgan fingerprint density at radius 1 is 1.24 bits per heavy atom. The molecule has 0 saturated heterocycles. The zero-order chi connectivity index (χ0) is 17.6. The number of anilines is 1. The highest BCUT2D eigenvalue weighted by Crippen LogP contribution is 2.30. The van der Waals surface area contributed by atoms with Crippen molar-refractivity contribution in [3.05, 3.63) is 39.8 Å². The lowest BCUT2D eigenvalue weighted by atomic mass is 10.2. The quantitative estimate of drug-likeness (QED) is 0.736. The van der Waals surface area contributed by atoms with E-state index >= 15 is 0 Å². The normalized spacial score (nSPS) is 15.2. The van der Waals surface area contributed by atoms with Crippen molar-refractivity contribution in [1.29, 1.82) is 0 Å². The molecule has 0 atom stereocenters. The molecule has 130 valence electrons. The Bertz CT molecular complexity index is 1040. The van der Waals surface area contributed by atoms with Gasteiger partial charge in [0.25, 0.3) is 5.91 Å². The highest BCUT2D eigenvalue weighted by atomic mass is 32.2. The molecule has 1 aromatic carbocycles. The van der Waals surface area contributed by atoms with Gasteiger partial charge in [-0.05, 0) is 12.1 Å². The Morgan fingerprint density at radius 3 is 2.80 bits per heavy atom. The van der Waals surface area contributed by atoms with Crippen LogP contribution in [0.25, 0.3) is 10.2 Å². The summed E-state index contributed by atoms with van der Waals surface area (Å²) in [5.41, 5.74) is 1.64. The third-order valence-corrected chi connectivity index (χ3v) is 7.16. The van der Waals surface area contributed by atoms with Crippen molar-refractivity contribution >= 4 is 54.0 Å². The van der Waals surface area contributed by atoms with Crippen LogP contribution in [0.3, 0.4) is 0 Å². The Hall–Kier alpha value is -1.88. The second-order valence-electron chi connectivity index (χ2n) is 5.68. The van der Waals surface area contributed by atoms with Gasteiger partial charge in [-0.15, -0.1) is 22.7 Å². The molecule has 25 heavy (non-hydrogen) atoms. The van der Waals surface area contributed by atoms with Crippen LogP contribution in [0.15, 0.2) is 24.3 Å². The largest absolute Gasteiger partial charge is 0.296 e. The number of rotatable bonds is 3. The van der Waals surface area contributed by atoms with Crippen molar-refractivity contribution in [1.82, 2.24) is 14.3 Å². The highest BCUT2D eigenvalue weighted by Gasteiger charge is 2.26. The minimum absolute atomic E-state index is 0.299. The van der Waals surface area contributed by atoms with Gasteiger partial charge in [0, 0.05) is 24.4 Å². The number of sulfonamides is 1. The van der Waals surface area contributed by atoms with Gasteiger partial charge >= 0.3 is 0 Å². The molecule has 1 N–H and O–H groups in total. The number of hydrogen-bond acceptors (Lipinski definition) is 7. The van der Waals surface area contributed by atoms with Gasteiger partial charge in [-0.2, -0.15) is 4.31 Å². The first-order valence-electron chi connectivity index (χ1n) is 7.51. The van der Waals surface area contributed by atoms with Gasteiger partial charge in [0.05, 0.1) is 22.2 Å². The summed E-state index contributed by atoms with van der Waals surface area (Å²) >= 11 is 2.64. The van der Waals surface area contributed by atoms with Crippen LogP contribution in [0, 0.1) is 0 Å². The molecule has 2 aromatic heterocycles. The van der Waals surface area contributed by atoms with Crippen LogP contribution in [0.2, 0.25) is 0 Å². The number of carbonyl (C=O) groups is 1. The predicted octanol–water partition coefficient (Wildman–Crippen LogP) is 2.32. The zero-order valence-corrected chi connectivity index (χ0v) is 15.7. The van der Waals surface area contributed by atoms with Crippen molar-refractivity contribution < 1.29 is 13.2 Å². The van der Waals surface area contributed by atoms with Crippen molar-refractivity contribution in [3.63, 3.8) is 0 Å². The number of hydrogen-bond donors (Lipinski definition) is 1. The molecular weight excluding hydrogens is 380 g/mol. The van der Waals surface area contributed by atoms with Crippen LogP contribution in [-0.2, 0) is 23.0 Å². The number of fused-ring (bicyclic) bond motifs is 2. The van der Waals surface area contributed by atoms with Crippen molar-refractivity contribution in [2.75, 3.05) is 18.1 Å². The van der Waals surface area contributed by atoms with Crippen molar-refractivity contribution in [2.24, 2.45) is 0 Å². The SMILES string of the molecule is CS(=O)(=O)N1CCc2nc(NC(=O)c3nc4ccccc4s3)sc2C1. The lowest BCUT2D eigenvalue weighted by Crippen LogP contribution is -2.34. The standard InChI is InChI=1S/C15H14N4O3S3/c1-25(21,22)19-7-6-10-12(8-19)24-15(17-10)18-13(20)14-16-9-4-2-3-5-11(9)23-14/h2-5H,6-8H2,1H3,(H,17,18,20). The van der Waals surface area contributed by atoms with Crippen LogP contribution in [0.4, 0.5) is 5.13 Å². The summed E-state index contributed by atoms with van der Waals surface area (Å²) in [7, 11) is -3.22. The van der Waals surface area contributed by atoms with Crippen LogP contribution in [0.5, 0.6) is 0 Å². The van der Waals surface area contributed by atoms with E-state index in [2.05, 4.69) is 15.3 Å². The van der Waals surface area contributed by atoms with E-state index in [1.165, 1.54) is 33.2 Å². The monoisotopic (exact) mass is 394 g/mol. The molecule has 10 heteroatoms. The Balaban J connectivity index is 1.54. The van der Waals surface area contributed by atoms with Gasteiger partial charge in [-0.1, -0.05) is 12.1 Å². The topological polar surface area (TPSA) is 92.3 Å². The van der Waals surface area contributed by atoms with Gasteiger partial charge in [-0.25, -0.2) is 18.4 Å². The van der Waals surface area contributed by atoms with Crippen LogP contribution >= 0.6 is 22.7 Å². The first kappa shape index (κ1) is 16.6. The average Bonchev–Trinajstić information content (AvgIpc) is 3.16. The van der Waals surface area contributed by atoms with Crippen molar-refractivity contribution in [3.8, 4) is 0 Å². The number of para-hydroxylation sites is 1. The number of nitrogens with one attached hydrogen (secondary N) is 1. The molecule has 0 fully saturated rings. The third kappa shape index (κ3) is 3.30. The minimum Gasteiger partial charge on any atom is -0.296 e. The molecule has 4 rings (SSSR count). The number of thiazole rings is 2. The average molecular weight is 395 g/mol. The molecule has 0 unspecified atom stereocenters. The molecule has 0 aliphatic carbocycles. The summed E-state index contributed by atoms with van der Waals surface area (Å²) < 4.78 is 25.7. The molecule has 0 bridgehead atoms. The van der Waals surface area contributed by atoms with E-state index in [4.69, 9.17) is 0 Å². The first-order valence-corrected chi connectivity index (χ1v) is 11.0. The first-order chi connectivity index (χ1) is 11.9. The fourth-order valence-corrected chi connectivity index (χ4v) is 5.38. The van der Waals surface area contributed by atoms with Crippen LogP contribution < -0.4 is 5.32 Å². The van der Waals surface area contributed by atoms with Gasteiger partial charge in [0.15, 0.2) is 10.1 Å². The Labute approximate surface area is 152 Å². The minimum atomic E-state index is -3.22. The maximum Gasteiger partial charge on any atom is 0.286 e. The lowest BCUT2D eigenvalue weighted by Gasteiger charge is -2.23. The maximum absolute atomic E-state index is 12.4.